The Labute approximate surface area is 192 Å². The quantitative estimate of drug-likeness (QED) is 0.231. The van der Waals surface area contributed by atoms with Crippen molar-refractivity contribution >= 4 is 16.9 Å². The molecule has 7 heteroatoms. The molecule has 0 spiro atoms. The van der Waals surface area contributed by atoms with Crippen molar-refractivity contribution in [3.63, 3.8) is 0 Å². The van der Waals surface area contributed by atoms with E-state index in [4.69, 9.17) is 13.9 Å². The molecule has 0 amide bonds. The van der Waals surface area contributed by atoms with E-state index in [9.17, 15) is 18.0 Å². The van der Waals surface area contributed by atoms with Gasteiger partial charge >= 0.3 is 12.1 Å². The van der Waals surface area contributed by atoms with Crippen molar-refractivity contribution in [2.45, 2.75) is 25.8 Å². The Morgan fingerprint density at radius 1 is 0.882 bits per heavy atom. The van der Waals surface area contributed by atoms with Gasteiger partial charge in [0.2, 0.25) is 5.79 Å². The first-order valence-electron chi connectivity index (χ1n) is 10.4. The van der Waals surface area contributed by atoms with Gasteiger partial charge < -0.3 is 13.9 Å². The first kappa shape index (κ1) is 21.7. The SMILES string of the molecule is CC1(C)OC(=O)c2cc3c(C#Cc4cccc(C(F)(F)F)c4)c(-c4ccccc4)oc3cc2O1. The topological polar surface area (TPSA) is 48.7 Å². The van der Waals surface area contributed by atoms with E-state index < -0.39 is 23.5 Å². The van der Waals surface area contributed by atoms with E-state index in [2.05, 4.69) is 11.8 Å². The van der Waals surface area contributed by atoms with Gasteiger partial charge in [0, 0.05) is 36.4 Å². The molecule has 0 radical (unpaired) electrons. The van der Waals surface area contributed by atoms with E-state index >= 15 is 0 Å². The minimum Gasteiger partial charge on any atom is -0.455 e. The molecule has 4 aromatic rings. The Balaban J connectivity index is 1.70. The van der Waals surface area contributed by atoms with Crippen molar-refractivity contribution in [1.82, 2.24) is 0 Å². The fourth-order valence-electron chi connectivity index (χ4n) is 3.76. The molecule has 5 rings (SSSR count). The van der Waals surface area contributed by atoms with Crippen molar-refractivity contribution in [1.29, 1.82) is 0 Å². The van der Waals surface area contributed by atoms with E-state index in [0.29, 0.717) is 28.0 Å². The Morgan fingerprint density at radius 3 is 2.38 bits per heavy atom. The first-order chi connectivity index (χ1) is 16.1. The minimum absolute atomic E-state index is 0.200. The lowest BCUT2D eigenvalue weighted by Gasteiger charge is -2.31. The second-order valence-corrected chi connectivity index (χ2v) is 8.24. The maximum absolute atomic E-state index is 13.1. The van der Waals surface area contributed by atoms with E-state index in [1.807, 2.05) is 30.3 Å². The Kier molecular flexibility index (Phi) is 4.90. The first-order valence-corrected chi connectivity index (χ1v) is 10.4. The second-order valence-electron chi connectivity index (χ2n) is 8.24. The lowest BCUT2D eigenvalue weighted by atomic mass is 10.0. The number of ether oxygens (including phenoxy) is 2. The van der Waals surface area contributed by atoms with Crippen molar-refractivity contribution in [2.24, 2.45) is 0 Å². The van der Waals surface area contributed by atoms with Crippen LogP contribution in [-0.4, -0.2) is 11.8 Å². The zero-order valence-corrected chi connectivity index (χ0v) is 18.1. The molecule has 1 aliphatic rings. The molecule has 0 atom stereocenters. The minimum atomic E-state index is -4.47. The third-order valence-corrected chi connectivity index (χ3v) is 5.26. The number of furan rings is 1. The van der Waals surface area contributed by atoms with E-state index in [-0.39, 0.29) is 11.1 Å². The summed E-state index contributed by atoms with van der Waals surface area (Å²) in [6, 6.07) is 17.2. The predicted octanol–water partition coefficient (Wildman–Crippen LogP) is 6.80. The highest BCUT2D eigenvalue weighted by Crippen LogP contribution is 2.40. The number of rotatable bonds is 1. The van der Waals surface area contributed by atoms with Crippen LogP contribution in [0.15, 0.2) is 71.1 Å². The smallest absolute Gasteiger partial charge is 0.416 e. The molecule has 0 saturated carbocycles. The predicted molar refractivity (Wildman–Crippen MR) is 119 cm³/mol. The van der Waals surface area contributed by atoms with Gasteiger partial charge in [-0.3, -0.25) is 0 Å². The summed E-state index contributed by atoms with van der Waals surface area (Å²) in [5.41, 5.74) is 1.24. The molecule has 1 aromatic heterocycles. The van der Waals surface area contributed by atoms with E-state index in [0.717, 1.165) is 17.7 Å². The molecule has 4 nitrogen and oxygen atoms in total. The average molecular weight is 462 g/mol. The summed E-state index contributed by atoms with van der Waals surface area (Å²) in [5.74, 6) is 4.85. The Morgan fingerprint density at radius 2 is 1.65 bits per heavy atom. The average Bonchev–Trinajstić information content (AvgIpc) is 3.13. The fourth-order valence-corrected chi connectivity index (χ4v) is 3.76. The van der Waals surface area contributed by atoms with Gasteiger partial charge in [-0.15, -0.1) is 0 Å². The van der Waals surface area contributed by atoms with Crippen molar-refractivity contribution in [2.75, 3.05) is 0 Å². The summed E-state index contributed by atoms with van der Waals surface area (Å²) < 4.78 is 56.5. The molecule has 0 bridgehead atoms. The number of hydrogen-bond donors (Lipinski definition) is 0. The Hall–Kier alpha value is -4.18. The molecule has 2 heterocycles. The van der Waals surface area contributed by atoms with Gasteiger partial charge in [-0.2, -0.15) is 13.2 Å². The second kappa shape index (κ2) is 7.70. The van der Waals surface area contributed by atoms with E-state index in [1.54, 1.807) is 26.0 Å². The number of carbonyl (C=O) groups excluding carboxylic acids is 1. The van der Waals surface area contributed by atoms with Crippen LogP contribution in [-0.2, 0) is 10.9 Å². The van der Waals surface area contributed by atoms with Crippen LogP contribution in [0.1, 0.15) is 40.9 Å². The summed E-state index contributed by atoms with van der Waals surface area (Å²) >= 11 is 0. The highest BCUT2D eigenvalue weighted by Gasteiger charge is 2.35. The lowest BCUT2D eigenvalue weighted by Crippen LogP contribution is -2.38. The summed E-state index contributed by atoms with van der Waals surface area (Å²) in [7, 11) is 0. The molecular weight excluding hydrogens is 445 g/mol. The molecule has 0 aliphatic carbocycles. The number of fused-ring (bicyclic) bond motifs is 2. The van der Waals surface area contributed by atoms with Gasteiger partial charge in [0.25, 0.3) is 0 Å². The highest BCUT2D eigenvalue weighted by atomic mass is 19.4. The summed E-state index contributed by atoms with van der Waals surface area (Å²) in [5, 5.41) is 0.525. The molecule has 3 aromatic carbocycles. The summed E-state index contributed by atoms with van der Waals surface area (Å²) in [6.07, 6.45) is -4.47. The molecule has 170 valence electrons. The number of cyclic esters (lactones) is 1. The molecule has 0 fully saturated rings. The number of alkyl halides is 3. The number of carbonyl (C=O) groups is 1. The van der Waals surface area contributed by atoms with E-state index in [1.165, 1.54) is 12.1 Å². The normalized spacial score (nSPS) is 14.6. The molecular formula is C27H17F3O4. The van der Waals surface area contributed by atoms with Gasteiger partial charge in [0.05, 0.1) is 11.1 Å². The molecule has 0 N–H and O–H groups in total. The third kappa shape index (κ3) is 3.99. The van der Waals surface area contributed by atoms with Crippen LogP contribution in [0, 0.1) is 11.8 Å². The van der Waals surface area contributed by atoms with Crippen LogP contribution < -0.4 is 4.74 Å². The van der Waals surface area contributed by atoms with Crippen molar-refractivity contribution in [3.05, 3.63) is 89.0 Å². The largest absolute Gasteiger partial charge is 0.455 e. The summed E-state index contributed by atoms with van der Waals surface area (Å²) in [4.78, 5) is 12.6. The number of halogens is 3. The number of hydrogen-bond acceptors (Lipinski definition) is 4. The van der Waals surface area contributed by atoms with Crippen LogP contribution in [0.25, 0.3) is 22.3 Å². The van der Waals surface area contributed by atoms with Crippen LogP contribution in [0.4, 0.5) is 13.2 Å². The van der Waals surface area contributed by atoms with Gasteiger partial charge in [0.1, 0.15) is 16.9 Å². The zero-order chi connectivity index (χ0) is 24.1. The summed E-state index contributed by atoms with van der Waals surface area (Å²) in [6.45, 7) is 3.25. The van der Waals surface area contributed by atoms with Gasteiger partial charge in [-0.1, -0.05) is 48.2 Å². The van der Waals surface area contributed by atoms with Gasteiger partial charge in [0.15, 0.2) is 5.76 Å². The molecule has 34 heavy (non-hydrogen) atoms. The van der Waals surface area contributed by atoms with Gasteiger partial charge in [-0.05, 0) is 24.3 Å². The molecule has 1 aliphatic heterocycles. The highest BCUT2D eigenvalue weighted by molar-refractivity contribution is 6.01. The number of benzene rings is 3. The molecule has 0 saturated heterocycles. The maximum atomic E-state index is 13.1. The van der Waals surface area contributed by atoms with Crippen molar-refractivity contribution in [3.8, 4) is 28.9 Å². The van der Waals surface area contributed by atoms with Crippen LogP contribution in [0.2, 0.25) is 0 Å². The Bertz CT molecular complexity index is 1490. The lowest BCUT2D eigenvalue weighted by molar-refractivity contribution is -0.137. The maximum Gasteiger partial charge on any atom is 0.416 e. The fraction of sp³-hybridized carbons (Fsp3) is 0.148. The zero-order valence-electron chi connectivity index (χ0n) is 18.1. The number of esters is 1. The molecule has 0 unspecified atom stereocenters. The van der Waals surface area contributed by atoms with Gasteiger partial charge in [-0.25, -0.2) is 4.79 Å². The van der Waals surface area contributed by atoms with Crippen LogP contribution in [0.3, 0.4) is 0 Å². The standard InChI is InChI=1S/C27H17F3O4/c1-26(2)33-23-15-22-20(14-21(23)25(31)34-26)19(24(32-22)17-8-4-3-5-9-17)12-11-16-7-6-10-18(13-16)27(28,29)30/h3-10,13-15H,1-2H3. The van der Waals surface area contributed by atoms with Crippen LogP contribution >= 0.6 is 0 Å². The van der Waals surface area contributed by atoms with Crippen LogP contribution in [0.5, 0.6) is 5.75 Å². The monoisotopic (exact) mass is 462 g/mol. The van der Waals surface area contributed by atoms with Crippen molar-refractivity contribution < 1.29 is 31.9 Å². The third-order valence-electron chi connectivity index (χ3n) is 5.26.